The SMILES string of the molecule is Nc1cc(Cl)ccc1-c1nc2ncc(Br)cc2[nH]1. The zero-order chi connectivity index (χ0) is 12.7. The maximum atomic E-state index is 5.93. The molecule has 0 bridgehead atoms. The summed E-state index contributed by atoms with van der Waals surface area (Å²) >= 11 is 9.24. The van der Waals surface area contributed by atoms with Gasteiger partial charge >= 0.3 is 0 Å². The van der Waals surface area contributed by atoms with Crippen molar-refractivity contribution < 1.29 is 0 Å². The highest BCUT2D eigenvalue weighted by Crippen LogP contribution is 2.28. The third-order valence-corrected chi connectivity index (χ3v) is 3.24. The topological polar surface area (TPSA) is 67.6 Å². The molecule has 0 aliphatic carbocycles. The van der Waals surface area contributed by atoms with Crippen LogP contribution in [0.1, 0.15) is 0 Å². The summed E-state index contributed by atoms with van der Waals surface area (Å²) in [7, 11) is 0. The summed E-state index contributed by atoms with van der Waals surface area (Å²) in [4.78, 5) is 11.8. The van der Waals surface area contributed by atoms with Crippen LogP contribution in [0.25, 0.3) is 22.6 Å². The van der Waals surface area contributed by atoms with E-state index in [2.05, 4.69) is 30.9 Å². The molecule has 2 heterocycles. The van der Waals surface area contributed by atoms with Gasteiger partial charge in [-0.05, 0) is 40.2 Å². The fourth-order valence-corrected chi connectivity index (χ4v) is 2.26. The minimum atomic E-state index is 0.584. The number of aromatic nitrogens is 3. The molecule has 0 saturated heterocycles. The first kappa shape index (κ1) is 11.5. The Kier molecular flexibility index (Phi) is 2.72. The molecule has 90 valence electrons. The highest BCUT2D eigenvalue weighted by atomic mass is 79.9. The van der Waals surface area contributed by atoms with Gasteiger partial charge in [0.15, 0.2) is 5.65 Å². The van der Waals surface area contributed by atoms with Gasteiger partial charge in [-0.3, -0.25) is 0 Å². The summed E-state index contributed by atoms with van der Waals surface area (Å²) in [6, 6.07) is 7.24. The van der Waals surface area contributed by atoms with Crippen molar-refractivity contribution in [2.24, 2.45) is 0 Å². The fourth-order valence-electron chi connectivity index (χ4n) is 1.75. The van der Waals surface area contributed by atoms with E-state index in [4.69, 9.17) is 17.3 Å². The molecular formula is C12H8BrClN4. The highest BCUT2D eigenvalue weighted by Gasteiger charge is 2.09. The number of hydrogen-bond acceptors (Lipinski definition) is 3. The van der Waals surface area contributed by atoms with Crippen molar-refractivity contribution >= 4 is 44.4 Å². The molecule has 3 rings (SSSR count). The zero-order valence-corrected chi connectivity index (χ0v) is 11.5. The van der Waals surface area contributed by atoms with Crippen LogP contribution >= 0.6 is 27.5 Å². The van der Waals surface area contributed by atoms with Crippen molar-refractivity contribution in [1.29, 1.82) is 0 Å². The number of fused-ring (bicyclic) bond motifs is 1. The Balaban J connectivity index is 2.19. The van der Waals surface area contributed by atoms with E-state index in [9.17, 15) is 0 Å². The van der Waals surface area contributed by atoms with E-state index in [1.54, 1.807) is 18.3 Å². The molecule has 0 saturated carbocycles. The van der Waals surface area contributed by atoms with Gasteiger partial charge in [-0.25, -0.2) is 9.97 Å². The number of H-pyrrole nitrogens is 1. The monoisotopic (exact) mass is 322 g/mol. The van der Waals surface area contributed by atoms with Crippen molar-refractivity contribution in [3.63, 3.8) is 0 Å². The van der Waals surface area contributed by atoms with E-state index < -0.39 is 0 Å². The van der Waals surface area contributed by atoms with E-state index >= 15 is 0 Å². The Morgan fingerprint density at radius 1 is 1.28 bits per heavy atom. The van der Waals surface area contributed by atoms with Gasteiger partial charge in [0.05, 0.1) is 5.52 Å². The van der Waals surface area contributed by atoms with Crippen LogP contribution in [-0.2, 0) is 0 Å². The average Bonchev–Trinajstić information content (AvgIpc) is 2.71. The van der Waals surface area contributed by atoms with Gasteiger partial charge in [-0.1, -0.05) is 11.6 Å². The molecule has 0 unspecified atom stereocenters. The molecular weight excluding hydrogens is 316 g/mol. The van der Waals surface area contributed by atoms with Crippen molar-refractivity contribution in [3.8, 4) is 11.4 Å². The summed E-state index contributed by atoms with van der Waals surface area (Å²) in [5.41, 5.74) is 8.84. The third kappa shape index (κ3) is 1.95. The Morgan fingerprint density at radius 3 is 2.89 bits per heavy atom. The van der Waals surface area contributed by atoms with Crippen molar-refractivity contribution in [2.45, 2.75) is 0 Å². The molecule has 3 N–H and O–H groups in total. The van der Waals surface area contributed by atoms with Crippen molar-refractivity contribution in [2.75, 3.05) is 5.73 Å². The lowest BCUT2D eigenvalue weighted by Gasteiger charge is -2.01. The molecule has 0 amide bonds. The maximum Gasteiger partial charge on any atom is 0.178 e. The molecule has 0 radical (unpaired) electrons. The lowest BCUT2D eigenvalue weighted by molar-refractivity contribution is 1.30. The Labute approximate surface area is 116 Å². The van der Waals surface area contributed by atoms with Gasteiger partial charge in [0, 0.05) is 26.9 Å². The van der Waals surface area contributed by atoms with Crippen LogP contribution in [0.15, 0.2) is 34.9 Å². The smallest absolute Gasteiger partial charge is 0.178 e. The molecule has 0 fully saturated rings. The van der Waals surface area contributed by atoms with Gasteiger partial charge in [-0.15, -0.1) is 0 Å². The van der Waals surface area contributed by atoms with Crippen LogP contribution in [-0.4, -0.2) is 15.0 Å². The summed E-state index contributed by atoms with van der Waals surface area (Å²) in [6.07, 6.45) is 1.71. The number of pyridine rings is 1. The molecule has 18 heavy (non-hydrogen) atoms. The second-order valence-corrected chi connectivity index (χ2v) is 5.19. The molecule has 6 heteroatoms. The number of nitrogens with two attached hydrogens (primary N) is 1. The van der Waals surface area contributed by atoms with E-state index in [-0.39, 0.29) is 0 Å². The van der Waals surface area contributed by atoms with Crippen molar-refractivity contribution in [1.82, 2.24) is 15.0 Å². The van der Waals surface area contributed by atoms with Gasteiger partial charge < -0.3 is 10.7 Å². The molecule has 2 aromatic heterocycles. The maximum absolute atomic E-state index is 5.93. The highest BCUT2D eigenvalue weighted by molar-refractivity contribution is 9.10. The quantitative estimate of drug-likeness (QED) is 0.672. The second kappa shape index (κ2) is 4.26. The predicted molar refractivity (Wildman–Crippen MR) is 76.4 cm³/mol. The number of nitrogens with one attached hydrogen (secondary N) is 1. The number of anilines is 1. The van der Waals surface area contributed by atoms with E-state index in [1.165, 1.54) is 0 Å². The normalized spacial score (nSPS) is 11.0. The summed E-state index contributed by atoms with van der Waals surface area (Å²) in [5.74, 6) is 0.685. The fraction of sp³-hybridized carbons (Fsp3) is 0. The van der Waals surface area contributed by atoms with Crippen LogP contribution < -0.4 is 5.73 Å². The molecule has 3 aromatic rings. The number of halogens is 2. The number of nitrogens with zero attached hydrogens (tertiary/aromatic N) is 2. The first-order valence-electron chi connectivity index (χ1n) is 5.20. The Hall–Kier alpha value is -1.59. The predicted octanol–water partition coefficient (Wildman–Crippen LogP) is 3.62. The second-order valence-electron chi connectivity index (χ2n) is 3.84. The number of aromatic amines is 1. The molecule has 0 aliphatic heterocycles. The minimum Gasteiger partial charge on any atom is -0.398 e. The van der Waals surface area contributed by atoms with E-state index in [1.807, 2.05) is 12.1 Å². The lowest BCUT2D eigenvalue weighted by Crippen LogP contribution is -1.91. The summed E-state index contributed by atoms with van der Waals surface area (Å²) in [6.45, 7) is 0. The standard InChI is InChI=1S/C12H8BrClN4/c13-6-3-10-12(16-5-6)18-11(17-10)8-2-1-7(14)4-9(8)15/h1-5H,15H2,(H,16,17,18). The Bertz CT molecular complexity index is 738. The molecule has 0 aliphatic rings. The van der Waals surface area contributed by atoms with Crippen LogP contribution in [0.3, 0.4) is 0 Å². The third-order valence-electron chi connectivity index (χ3n) is 2.57. The van der Waals surface area contributed by atoms with Crippen LogP contribution in [0, 0.1) is 0 Å². The van der Waals surface area contributed by atoms with Gasteiger partial charge in [0.25, 0.3) is 0 Å². The number of imidazole rings is 1. The minimum absolute atomic E-state index is 0.584. The summed E-state index contributed by atoms with van der Waals surface area (Å²) < 4.78 is 0.897. The van der Waals surface area contributed by atoms with Crippen LogP contribution in [0.5, 0.6) is 0 Å². The van der Waals surface area contributed by atoms with Gasteiger partial charge in [0.2, 0.25) is 0 Å². The zero-order valence-electron chi connectivity index (χ0n) is 9.11. The lowest BCUT2D eigenvalue weighted by atomic mass is 10.2. The van der Waals surface area contributed by atoms with E-state index in [0.29, 0.717) is 22.2 Å². The molecule has 4 nitrogen and oxygen atoms in total. The van der Waals surface area contributed by atoms with Crippen LogP contribution in [0.4, 0.5) is 5.69 Å². The number of rotatable bonds is 1. The van der Waals surface area contributed by atoms with Gasteiger partial charge in [-0.2, -0.15) is 0 Å². The van der Waals surface area contributed by atoms with Crippen molar-refractivity contribution in [3.05, 3.63) is 40.0 Å². The first-order chi connectivity index (χ1) is 8.63. The van der Waals surface area contributed by atoms with E-state index in [0.717, 1.165) is 15.6 Å². The summed E-state index contributed by atoms with van der Waals surface area (Å²) in [5, 5.41) is 0.605. The average molecular weight is 324 g/mol. The number of nitrogen functional groups attached to an aromatic ring is 1. The molecule has 0 atom stereocenters. The number of hydrogen-bond donors (Lipinski definition) is 2. The molecule has 0 spiro atoms. The van der Waals surface area contributed by atoms with Crippen LogP contribution in [0.2, 0.25) is 5.02 Å². The largest absolute Gasteiger partial charge is 0.398 e. The number of benzene rings is 1. The first-order valence-corrected chi connectivity index (χ1v) is 6.37. The Morgan fingerprint density at radius 2 is 2.11 bits per heavy atom. The van der Waals surface area contributed by atoms with Gasteiger partial charge in [0.1, 0.15) is 5.82 Å². The molecule has 1 aromatic carbocycles.